The summed E-state index contributed by atoms with van der Waals surface area (Å²) in [5.41, 5.74) is 1.14. The minimum atomic E-state index is -0.931. The van der Waals surface area contributed by atoms with Gasteiger partial charge in [-0.15, -0.1) is 0 Å². The van der Waals surface area contributed by atoms with Crippen LogP contribution in [0.1, 0.15) is 110 Å². The normalized spacial score (nSPS) is 16.2. The molecule has 3 heteroatoms. The molecule has 0 amide bonds. The molecule has 0 bridgehead atoms. The predicted molar refractivity (Wildman–Crippen MR) is 127 cm³/mol. The van der Waals surface area contributed by atoms with Crippen molar-refractivity contribution in [1.82, 2.24) is 0 Å². The van der Waals surface area contributed by atoms with Gasteiger partial charge in [0.15, 0.2) is 0 Å². The molecular formula is C25H52O2Si. The van der Waals surface area contributed by atoms with E-state index in [0.29, 0.717) is 6.10 Å². The number of hydrogen-bond donors (Lipinski definition) is 0. The molecular weight excluding hydrogens is 360 g/mol. The summed E-state index contributed by atoms with van der Waals surface area (Å²) in [7, 11) is -0.931. The molecule has 0 heterocycles. The lowest BCUT2D eigenvalue weighted by atomic mass is 10.0. The number of unbranched alkanes of at least 4 members (excludes halogenated alkanes) is 8. The van der Waals surface area contributed by atoms with Gasteiger partial charge in [-0.3, -0.25) is 0 Å². The second-order valence-electron chi connectivity index (χ2n) is 10.1. The minimum Gasteiger partial charge on any atom is -0.381 e. The van der Waals surface area contributed by atoms with Crippen molar-refractivity contribution in [2.75, 3.05) is 19.8 Å². The summed E-state index contributed by atoms with van der Waals surface area (Å²) in [5, 5.41) is 0. The fourth-order valence-electron chi connectivity index (χ4n) is 4.69. The van der Waals surface area contributed by atoms with Gasteiger partial charge in [0.1, 0.15) is 0 Å². The van der Waals surface area contributed by atoms with Crippen molar-refractivity contribution >= 4 is 8.07 Å². The Bertz CT molecular complexity index is 337. The molecule has 1 fully saturated rings. The van der Waals surface area contributed by atoms with Gasteiger partial charge in [-0.2, -0.15) is 0 Å². The second kappa shape index (κ2) is 16.9. The zero-order chi connectivity index (χ0) is 20.5. The van der Waals surface area contributed by atoms with Crippen LogP contribution in [0.5, 0.6) is 0 Å². The van der Waals surface area contributed by atoms with E-state index in [1.54, 1.807) is 18.9 Å². The topological polar surface area (TPSA) is 18.5 Å². The molecule has 0 radical (unpaired) electrons. The third-order valence-electron chi connectivity index (χ3n) is 6.70. The Balaban J connectivity index is 1.78. The van der Waals surface area contributed by atoms with Crippen molar-refractivity contribution in [3.05, 3.63) is 0 Å². The highest BCUT2D eigenvalue weighted by Crippen LogP contribution is 2.39. The summed E-state index contributed by atoms with van der Waals surface area (Å²) < 4.78 is 11.2. The molecule has 0 aliphatic heterocycles. The first-order valence-corrected chi connectivity index (χ1v) is 16.0. The highest BCUT2D eigenvalue weighted by Gasteiger charge is 2.31. The largest absolute Gasteiger partial charge is 0.381 e. The van der Waals surface area contributed by atoms with Gasteiger partial charge in [-0.05, 0) is 32.2 Å². The predicted octanol–water partition coefficient (Wildman–Crippen LogP) is 8.37. The summed E-state index contributed by atoms with van der Waals surface area (Å²) in [6.45, 7) is 12.1. The lowest BCUT2D eigenvalue weighted by molar-refractivity contribution is 0.0507. The van der Waals surface area contributed by atoms with Crippen molar-refractivity contribution in [3.63, 3.8) is 0 Å². The van der Waals surface area contributed by atoms with E-state index in [0.717, 1.165) is 31.8 Å². The molecule has 0 aromatic heterocycles. The zero-order valence-electron chi connectivity index (χ0n) is 19.9. The first-order valence-electron chi connectivity index (χ1n) is 12.7. The number of hydrogen-bond acceptors (Lipinski definition) is 2. The van der Waals surface area contributed by atoms with E-state index in [9.17, 15) is 0 Å². The number of ether oxygens (including phenoxy) is 2. The molecule has 1 rings (SSSR count). The van der Waals surface area contributed by atoms with Gasteiger partial charge >= 0.3 is 0 Å². The van der Waals surface area contributed by atoms with Crippen molar-refractivity contribution in [1.29, 1.82) is 0 Å². The average molecular weight is 413 g/mol. The lowest BCUT2D eigenvalue weighted by Crippen LogP contribution is -2.33. The molecule has 2 nitrogen and oxygen atoms in total. The Morgan fingerprint density at radius 2 is 1.21 bits per heavy atom. The highest BCUT2D eigenvalue weighted by molar-refractivity contribution is 6.78. The quantitative estimate of drug-likeness (QED) is 0.166. The molecule has 0 N–H and O–H groups in total. The van der Waals surface area contributed by atoms with E-state index >= 15 is 0 Å². The van der Waals surface area contributed by atoms with Crippen LogP contribution in [0.25, 0.3) is 0 Å². The fraction of sp³-hybridized carbons (Fsp3) is 1.00. The molecule has 1 aliphatic carbocycles. The van der Waals surface area contributed by atoms with Crippen LogP contribution in [0.2, 0.25) is 24.7 Å². The maximum atomic E-state index is 5.68. The van der Waals surface area contributed by atoms with Gasteiger partial charge in [-0.1, -0.05) is 103 Å². The van der Waals surface area contributed by atoms with Gasteiger partial charge in [0.2, 0.25) is 0 Å². The monoisotopic (exact) mass is 412 g/mol. The van der Waals surface area contributed by atoms with Gasteiger partial charge in [0.25, 0.3) is 0 Å². The molecule has 0 unspecified atom stereocenters. The van der Waals surface area contributed by atoms with Crippen LogP contribution in [0, 0.1) is 0 Å². The Morgan fingerprint density at radius 1 is 0.679 bits per heavy atom. The SMILES string of the molecule is CC(C)OCCCOCCCCCCCCCCC[Si](C)(C)C1CCCCC1. The third-order valence-corrected chi connectivity index (χ3v) is 11.1. The van der Waals surface area contributed by atoms with E-state index in [1.807, 2.05) is 0 Å². The average Bonchev–Trinajstić information content (AvgIpc) is 2.68. The molecule has 28 heavy (non-hydrogen) atoms. The van der Waals surface area contributed by atoms with Crippen LogP contribution in [0.15, 0.2) is 0 Å². The van der Waals surface area contributed by atoms with E-state index in [2.05, 4.69) is 26.9 Å². The fourth-order valence-corrected chi connectivity index (χ4v) is 8.23. The van der Waals surface area contributed by atoms with E-state index in [1.165, 1.54) is 77.0 Å². The highest BCUT2D eigenvalue weighted by atomic mass is 28.3. The molecule has 0 aromatic carbocycles. The second-order valence-corrected chi connectivity index (χ2v) is 15.4. The van der Waals surface area contributed by atoms with E-state index in [4.69, 9.17) is 9.47 Å². The smallest absolute Gasteiger partial charge is 0.0518 e. The van der Waals surface area contributed by atoms with Gasteiger partial charge in [0, 0.05) is 19.8 Å². The van der Waals surface area contributed by atoms with E-state index < -0.39 is 8.07 Å². The van der Waals surface area contributed by atoms with Crippen LogP contribution in [0.4, 0.5) is 0 Å². The van der Waals surface area contributed by atoms with Crippen molar-refractivity contribution in [2.24, 2.45) is 0 Å². The molecule has 1 saturated carbocycles. The minimum absolute atomic E-state index is 0.343. The van der Waals surface area contributed by atoms with Crippen LogP contribution < -0.4 is 0 Å². The van der Waals surface area contributed by atoms with Crippen LogP contribution >= 0.6 is 0 Å². The number of rotatable bonds is 18. The van der Waals surface area contributed by atoms with Crippen LogP contribution in [-0.4, -0.2) is 34.0 Å². The third kappa shape index (κ3) is 14.2. The van der Waals surface area contributed by atoms with Gasteiger partial charge in [0.05, 0.1) is 14.2 Å². The molecule has 0 spiro atoms. The maximum Gasteiger partial charge on any atom is 0.0518 e. The van der Waals surface area contributed by atoms with Crippen LogP contribution in [0.3, 0.4) is 0 Å². The first-order chi connectivity index (χ1) is 13.5. The van der Waals surface area contributed by atoms with Crippen molar-refractivity contribution in [2.45, 2.75) is 141 Å². The molecule has 0 atom stereocenters. The van der Waals surface area contributed by atoms with Crippen LogP contribution in [-0.2, 0) is 9.47 Å². The Kier molecular flexibility index (Phi) is 15.8. The van der Waals surface area contributed by atoms with E-state index in [-0.39, 0.29) is 0 Å². The molecule has 0 saturated heterocycles. The Labute approximate surface area is 178 Å². The molecule has 168 valence electrons. The first kappa shape index (κ1) is 26.2. The summed E-state index contributed by atoms with van der Waals surface area (Å²) in [4.78, 5) is 0. The lowest BCUT2D eigenvalue weighted by Gasteiger charge is -2.35. The van der Waals surface area contributed by atoms with Crippen molar-refractivity contribution in [3.8, 4) is 0 Å². The maximum absolute atomic E-state index is 5.68. The molecule has 1 aliphatic rings. The van der Waals surface area contributed by atoms with Gasteiger partial charge < -0.3 is 9.47 Å². The van der Waals surface area contributed by atoms with Gasteiger partial charge in [-0.25, -0.2) is 0 Å². The van der Waals surface area contributed by atoms with Crippen molar-refractivity contribution < 1.29 is 9.47 Å². The summed E-state index contributed by atoms with van der Waals surface area (Å²) in [6, 6.07) is 1.58. The summed E-state index contributed by atoms with van der Waals surface area (Å²) in [6.07, 6.45) is 21.7. The summed E-state index contributed by atoms with van der Waals surface area (Å²) in [5.74, 6) is 0. The zero-order valence-corrected chi connectivity index (χ0v) is 20.9. The Hall–Kier alpha value is 0.137. The Morgan fingerprint density at radius 3 is 1.82 bits per heavy atom. The standard InChI is InChI=1S/C25H52O2Si/c1-24(2)27-22-17-21-26-20-15-10-8-6-5-7-9-11-16-23-28(3,4)25-18-13-12-14-19-25/h24-25H,5-23H2,1-4H3. The molecule has 0 aromatic rings. The summed E-state index contributed by atoms with van der Waals surface area (Å²) >= 11 is 0.